The van der Waals surface area contributed by atoms with Crippen LogP contribution >= 0.6 is 12.2 Å². The van der Waals surface area contributed by atoms with Gasteiger partial charge >= 0.3 is 0 Å². The fourth-order valence-electron chi connectivity index (χ4n) is 2.66. The molecule has 5 nitrogen and oxygen atoms in total. The first kappa shape index (κ1) is 19.8. The third-order valence-electron chi connectivity index (χ3n) is 3.96. The van der Waals surface area contributed by atoms with E-state index in [0.717, 1.165) is 23.4 Å². The molecule has 6 heteroatoms. The van der Waals surface area contributed by atoms with Crippen molar-refractivity contribution >= 4 is 23.0 Å². The second kappa shape index (κ2) is 9.87. The highest BCUT2D eigenvalue weighted by atomic mass is 32.1. The summed E-state index contributed by atoms with van der Waals surface area (Å²) in [7, 11) is 3.26. The van der Waals surface area contributed by atoms with Gasteiger partial charge in [0.05, 0.1) is 32.6 Å². The molecule has 0 fully saturated rings. The number of ether oxygens (including phenoxy) is 3. The molecule has 0 aliphatic carbocycles. The predicted molar refractivity (Wildman–Crippen MR) is 110 cm³/mol. The predicted octanol–water partition coefficient (Wildman–Crippen LogP) is 4.54. The normalized spacial score (nSPS) is 11.4. The van der Waals surface area contributed by atoms with Crippen LogP contribution < -0.4 is 24.8 Å². The standard InChI is InChI=1S/C20H26N2O3S/c1-5-15(14-11-12-18(23-3)19(13-14)24-4)21-20(26)22-16-9-7-8-10-17(16)25-6-2/h7-13,15H,5-6H2,1-4H3,(H2,21,22,26)/t15-/m0/s1. The van der Waals surface area contributed by atoms with Crippen molar-refractivity contribution < 1.29 is 14.2 Å². The summed E-state index contributed by atoms with van der Waals surface area (Å²) in [5, 5.41) is 7.12. The van der Waals surface area contributed by atoms with Crippen molar-refractivity contribution in [3.63, 3.8) is 0 Å². The molecule has 0 heterocycles. The maximum Gasteiger partial charge on any atom is 0.171 e. The van der Waals surface area contributed by atoms with Crippen LogP contribution in [0.3, 0.4) is 0 Å². The summed E-state index contributed by atoms with van der Waals surface area (Å²) < 4.78 is 16.3. The molecular weight excluding hydrogens is 348 g/mol. The fourth-order valence-corrected chi connectivity index (χ4v) is 2.91. The maximum absolute atomic E-state index is 5.63. The zero-order valence-corrected chi connectivity index (χ0v) is 16.5. The van der Waals surface area contributed by atoms with E-state index in [9.17, 15) is 0 Å². The van der Waals surface area contributed by atoms with Crippen molar-refractivity contribution in [2.75, 3.05) is 26.1 Å². The number of hydrogen-bond acceptors (Lipinski definition) is 4. The second-order valence-corrected chi connectivity index (χ2v) is 6.01. The summed E-state index contributed by atoms with van der Waals surface area (Å²) >= 11 is 5.50. The highest BCUT2D eigenvalue weighted by Crippen LogP contribution is 2.31. The number of anilines is 1. The fraction of sp³-hybridized carbons (Fsp3) is 0.350. The van der Waals surface area contributed by atoms with Crippen molar-refractivity contribution in [2.24, 2.45) is 0 Å². The maximum atomic E-state index is 5.63. The number of rotatable bonds is 8. The largest absolute Gasteiger partial charge is 0.493 e. The van der Waals surface area contributed by atoms with Gasteiger partial charge in [0.25, 0.3) is 0 Å². The Morgan fingerprint density at radius 1 is 1.00 bits per heavy atom. The summed E-state index contributed by atoms with van der Waals surface area (Å²) in [5.74, 6) is 2.18. The van der Waals surface area contributed by atoms with E-state index >= 15 is 0 Å². The Hall–Kier alpha value is -2.47. The molecule has 2 rings (SSSR count). The number of hydrogen-bond donors (Lipinski definition) is 2. The second-order valence-electron chi connectivity index (χ2n) is 5.60. The van der Waals surface area contributed by atoms with Crippen LogP contribution in [0, 0.1) is 0 Å². The molecule has 2 aromatic carbocycles. The minimum absolute atomic E-state index is 0.0501. The number of para-hydroxylation sites is 2. The summed E-state index contributed by atoms with van der Waals surface area (Å²) in [6, 6.07) is 13.7. The van der Waals surface area contributed by atoms with Crippen LogP contribution in [-0.4, -0.2) is 25.9 Å². The molecule has 0 saturated carbocycles. The van der Waals surface area contributed by atoms with E-state index < -0.39 is 0 Å². The van der Waals surface area contributed by atoms with Gasteiger partial charge in [-0.05, 0) is 55.4 Å². The lowest BCUT2D eigenvalue weighted by molar-refractivity contribution is 0.342. The van der Waals surface area contributed by atoms with E-state index in [1.54, 1.807) is 14.2 Å². The lowest BCUT2D eigenvalue weighted by Gasteiger charge is -2.22. The van der Waals surface area contributed by atoms with E-state index in [2.05, 4.69) is 17.6 Å². The molecular formula is C20H26N2O3S. The summed E-state index contributed by atoms with van der Waals surface area (Å²) in [5.41, 5.74) is 1.92. The molecule has 1 atom stereocenters. The van der Waals surface area contributed by atoms with Crippen LogP contribution in [0.1, 0.15) is 31.9 Å². The molecule has 2 N–H and O–H groups in total. The summed E-state index contributed by atoms with van der Waals surface area (Å²) in [6.45, 7) is 4.66. The van der Waals surface area contributed by atoms with E-state index in [-0.39, 0.29) is 6.04 Å². The zero-order valence-electron chi connectivity index (χ0n) is 15.7. The molecule has 0 unspecified atom stereocenters. The van der Waals surface area contributed by atoms with Gasteiger partial charge in [0.15, 0.2) is 16.6 Å². The molecule has 0 aromatic heterocycles. The van der Waals surface area contributed by atoms with Crippen molar-refractivity contribution in [1.29, 1.82) is 0 Å². The van der Waals surface area contributed by atoms with Crippen molar-refractivity contribution in [1.82, 2.24) is 5.32 Å². The van der Waals surface area contributed by atoms with Gasteiger partial charge < -0.3 is 24.8 Å². The number of methoxy groups -OCH3 is 2. The summed E-state index contributed by atoms with van der Waals surface area (Å²) in [6.07, 6.45) is 0.865. The van der Waals surface area contributed by atoms with Crippen LogP contribution in [0.4, 0.5) is 5.69 Å². The van der Waals surface area contributed by atoms with Gasteiger partial charge in [0.2, 0.25) is 0 Å². The molecule has 0 bridgehead atoms. The Bertz CT molecular complexity index is 737. The minimum atomic E-state index is 0.0501. The van der Waals surface area contributed by atoms with Crippen LogP contribution in [0.25, 0.3) is 0 Å². The Labute approximate surface area is 160 Å². The summed E-state index contributed by atoms with van der Waals surface area (Å²) in [4.78, 5) is 0. The van der Waals surface area contributed by atoms with E-state index in [4.69, 9.17) is 26.4 Å². The van der Waals surface area contributed by atoms with Crippen LogP contribution in [0.15, 0.2) is 42.5 Å². The highest BCUT2D eigenvalue weighted by Gasteiger charge is 2.14. The first-order valence-corrected chi connectivity index (χ1v) is 9.05. The van der Waals surface area contributed by atoms with E-state index in [0.29, 0.717) is 23.2 Å². The third-order valence-corrected chi connectivity index (χ3v) is 4.18. The van der Waals surface area contributed by atoms with Crippen molar-refractivity contribution in [2.45, 2.75) is 26.3 Å². The van der Waals surface area contributed by atoms with Gasteiger partial charge in [-0.25, -0.2) is 0 Å². The van der Waals surface area contributed by atoms with Gasteiger partial charge in [0, 0.05) is 0 Å². The average Bonchev–Trinajstić information content (AvgIpc) is 2.67. The minimum Gasteiger partial charge on any atom is -0.493 e. The lowest BCUT2D eigenvalue weighted by atomic mass is 10.0. The van der Waals surface area contributed by atoms with Gasteiger partial charge in [-0.3, -0.25) is 0 Å². The lowest BCUT2D eigenvalue weighted by Crippen LogP contribution is -2.32. The Morgan fingerprint density at radius 3 is 2.38 bits per heavy atom. The Balaban J connectivity index is 2.11. The molecule has 0 amide bonds. The quantitative estimate of drug-likeness (QED) is 0.662. The van der Waals surface area contributed by atoms with E-state index in [1.165, 1.54) is 0 Å². The molecule has 0 aliphatic rings. The van der Waals surface area contributed by atoms with Crippen molar-refractivity contribution in [3.05, 3.63) is 48.0 Å². The number of benzene rings is 2. The Kier molecular flexibility index (Phi) is 7.53. The topological polar surface area (TPSA) is 51.8 Å². The smallest absolute Gasteiger partial charge is 0.171 e. The average molecular weight is 375 g/mol. The molecule has 0 spiro atoms. The van der Waals surface area contributed by atoms with Gasteiger partial charge in [0.1, 0.15) is 5.75 Å². The van der Waals surface area contributed by atoms with Gasteiger partial charge in [-0.2, -0.15) is 0 Å². The first-order chi connectivity index (χ1) is 12.6. The molecule has 140 valence electrons. The zero-order chi connectivity index (χ0) is 18.9. The Morgan fingerprint density at radius 2 is 1.73 bits per heavy atom. The van der Waals surface area contributed by atoms with Gasteiger partial charge in [-0.1, -0.05) is 25.1 Å². The SMILES string of the molecule is CCOc1ccccc1NC(=S)N[C@@H](CC)c1ccc(OC)c(OC)c1. The number of thiocarbonyl (C=S) groups is 1. The molecule has 0 saturated heterocycles. The van der Waals surface area contributed by atoms with Crippen LogP contribution in [0.5, 0.6) is 17.2 Å². The van der Waals surface area contributed by atoms with Crippen LogP contribution in [0.2, 0.25) is 0 Å². The molecule has 2 aromatic rings. The molecule has 26 heavy (non-hydrogen) atoms. The van der Waals surface area contributed by atoms with Crippen LogP contribution in [-0.2, 0) is 0 Å². The van der Waals surface area contributed by atoms with E-state index in [1.807, 2.05) is 49.4 Å². The number of nitrogens with one attached hydrogen (secondary N) is 2. The third kappa shape index (κ3) is 5.02. The molecule has 0 aliphatic heterocycles. The van der Waals surface area contributed by atoms with Crippen molar-refractivity contribution in [3.8, 4) is 17.2 Å². The monoisotopic (exact) mass is 374 g/mol. The molecule has 0 radical (unpaired) electrons. The first-order valence-electron chi connectivity index (χ1n) is 8.64. The highest BCUT2D eigenvalue weighted by molar-refractivity contribution is 7.80. The van der Waals surface area contributed by atoms with Gasteiger partial charge in [-0.15, -0.1) is 0 Å².